The van der Waals surface area contributed by atoms with Crippen molar-refractivity contribution in [3.05, 3.63) is 59.4 Å². The third-order valence-electron chi connectivity index (χ3n) is 2.61. The van der Waals surface area contributed by atoms with Crippen molar-refractivity contribution in [2.75, 3.05) is 5.32 Å². The van der Waals surface area contributed by atoms with Crippen LogP contribution < -0.4 is 10.1 Å². The second-order valence-corrected chi connectivity index (χ2v) is 4.60. The van der Waals surface area contributed by atoms with Crippen LogP contribution in [-0.4, -0.2) is 12.0 Å². The van der Waals surface area contributed by atoms with Gasteiger partial charge in [0.1, 0.15) is 11.6 Å². The maximum absolute atomic E-state index is 13.0. The van der Waals surface area contributed by atoms with E-state index in [2.05, 4.69) is 5.32 Å². The first-order valence-electron chi connectivity index (χ1n) is 6.04. The van der Waals surface area contributed by atoms with Crippen LogP contribution in [0.3, 0.4) is 0 Å². The zero-order chi connectivity index (χ0) is 14.5. The Labute approximate surface area is 121 Å². The van der Waals surface area contributed by atoms with Crippen molar-refractivity contribution in [3.8, 4) is 5.75 Å². The van der Waals surface area contributed by atoms with Gasteiger partial charge in [0.15, 0.2) is 6.10 Å². The molecule has 0 aliphatic rings. The summed E-state index contributed by atoms with van der Waals surface area (Å²) in [6.07, 6.45) is -0.725. The Morgan fingerprint density at radius 1 is 1.25 bits per heavy atom. The molecule has 2 aromatic carbocycles. The van der Waals surface area contributed by atoms with Gasteiger partial charge >= 0.3 is 0 Å². The molecule has 0 heterocycles. The minimum Gasteiger partial charge on any atom is -0.481 e. The fourth-order valence-corrected chi connectivity index (χ4v) is 1.74. The molecule has 0 aliphatic carbocycles. The number of rotatable bonds is 4. The molecular formula is C15H13ClFNO2. The zero-order valence-corrected chi connectivity index (χ0v) is 11.5. The smallest absolute Gasteiger partial charge is 0.265 e. The molecule has 0 saturated carbocycles. The highest BCUT2D eigenvalue weighted by Crippen LogP contribution is 2.22. The molecule has 3 nitrogen and oxygen atoms in total. The fraction of sp³-hybridized carbons (Fsp3) is 0.133. The SMILES string of the molecule is C[C@H](Oc1ccc(F)c(Cl)c1)C(=O)Nc1ccccc1. The van der Waals surface area contributed by atoms with Crippen LogP contribution in [-0.2, 0) is 4.79 Å². The Kier molecular flexibility index (Phi) is 4.58. The van der Waals surface area contributed by atoms with Crippen molar-refractivity contribution in [2.24, 2.45) is 0 Å². The lowest BCUT2D eigenvalue weighted by Crippen LogP contribution is -2.30. The number of ether oxygens (including phenoxy) is 1. The van der Waals surface area contributed by atoms with E-state index in [1.54, 1.807) is 19.1 Å². The lowest BCUT2D eigenvalue weighted by molar-refractivity contribution is -0.122. The van der Waals surface area contributed by atoms with E-state index < -0.39 is 11.9 Å². The quantitative estimate of drug-likeness (QED) is 0.929. The first kappa shape index (κ1) is 14.3. The Bertz CT molecular complexity index is 604. The molecule has 0 bridgehead atoms. The highest BCUT2D eigenvalue weighted by molar-refractivity contribution is 6.30. The molecule has 1 amide bonds. The van der Waals surface area contributed by atoms with Crippen LogP contribution in [0.15, 0.2) is 48.5 Å². The van der Waals surface area contributed by atoms with Gasteiger partial charge in [0.2, 0.25) is 0 Å². The molecule has 2 aromatic rings. The number of benzene rings is 2. The van der Waals surface area contributed by atoms with Gasteiger partial charge in [-0.3, -0.25) is 4.79 Å². The van der Waals surface area contributed by atoms with Gasteiger partial charge in [-0.1, -0.05) is 29.8 Å². The van der Waals surface area contributed by atoms with Crippen LogP contribution in [0.4, 0.5) is 10.1 Å². The van der Waals surface area contributed by atoms with E-state index in [1.165, 1.54) is 18.2 Å². The topological polar surface area (TPSA) is 38.3 Å². The summed E-state index contributed by atoms with van der Waals surface area (Å²) >= 11 is 5.65. The minimum absolute atomic E-state index is 0.0434. The molecule has 104 valence electrons. The third kappa shape index (κ3) is 3.71. The molecule has 0 saturated heterocycles. The summed E-state index contributed by atoms with van der Waals surface area (Å²) in [7, 11) is 0. The highest BCUT2D eigenvalue weighted by Gasteiger charge is 2.15. The molecule has 0 aliphatic heterocycles. The van der Waals surface area contributed by atoms with Gasteiger partial charge < -0.3 is 10.1 Å². The molecule has 0 fully saturated rings. The Hall–Kier alpha value is -2.07. The van der Waals surface area contributed by atoms with E-state index in [0.29, 0.717) is 11.4 Å². The summed E-state index contributed by atoms with van der Waals surface area (Å²) in [4.78, 5) is 11.9. The molecule has 20 heavy (non-hydrogen) atoms. The summed E-state index contributed by atoms with van der Waals surface area (Å²) in [5.74, 6) is -0.482. The van der Waals surface area contributed by atoms with E-state index in [9.17, 15) is 9.18 Å². The second-order valence-electron chi connectivity index (χ2n) is 4.19. The minimum atomic E-state index is -0.725. The molecule has 1 N–H and O–H groups in total. The second kappa shape index (κ2) is 6.39. The van der Waals surface area contributed by atoms with Crippen molar-refractivity contribution < 1.29 is 13.9 Å². The van der Waals surface area contributed by atoms with Crippen molar-refractivity contribution in [3.63, 3.8) is 0 Å². The number of amides is 1. The molecule has 1 atom stereocenters. The third-order valence-corrected chi connectivity index (χ3v) is 2.90. The average Bonchev–Trinajstić information content (AvgIpc) is 2.44. The van der Waals surface area contributed by atoms with Gasteiger partial charge in [-0.25, -0.2) is 4.39 Å². The predicted octanol–water partition coefficient (Wildman–Crippen LogP) is 3.89. The number of hydrogen-bond donors (Lipinski definition) is 1. The maximum Gasteiger partial charge on any atom is 0.265 e. The Morgan fingerprint density at radius 2 is 1.95 bits per heavy atom. The summed E-state index contributed by atoms with van der Waals surface area (Å²) in [6.45, 7) is 1.61. The number of carbonyl (C=O) groups is 1. The van der Waals surface area contributed by atoms with E-state index in [1.807, 2.05) is 18.2 Å². The van der Waals surface area contributed by atoms with Crippen molar-refractivity contribution in [1.29, 1.82) is 0 Å². The van der Waals surface area contributed by atoms with Crippen LogP contribution in [0.1, 0.15) is 6.92 Å². The molecule has 5 heteroatoms. The van der Waals surface area contributed by atoms with E-state index in [0.717, 1.165) is 0 Å². The molecule has 0 spiro atoms. The van der Waals surface area contributed by atoms with Crippen LogP contribution >= 0.6 is 11.6 Å². The van der Waals surface area contributed by atoms with Gasteiger partial charge in [0.25, 0.3) is 5.91 Å². The number of para-hydroxylation sites is 1. The van der Waals surface area contributed by atoms with Gasteiger partial charge in [0.05, 0.1) is 5.02 Å². The normalized spacial score (nSPS) is 11.8. The number of carbonyl (C=O) groups excluding carboxylic acids is 1. The number of anilines is 1. The lowest BCUT2D eigenvalue weighted by atomic mass is 10.3. The van der Waals surface area contributed by atoms with Crippen molar-refractivity contribution in [1.82, 2.24) is 0 Å². The first-order valence-corrected chi connectivity index (χ1v) is 6.41. The van der Waals surface area contributed by atoms with Crippen molar-refractivity contribution >= 4 is 23.2 Å². The Morgan fingerprint density at radius 3 is 2.60 bits per heavy atom. The maximum atomic E-state index is 13.0. The molecule has 0 aromatic heterocycles. The Balaban J connectivity index is 1.98. The number of halogens is 2. The van der Waals surface area contributed by atoms with Crippen LogP contribution in [0, 0.1) is 5.82 Å². The fourth-order valence-electron chi connectivity index (χ4n) is 1.57. The molecule has 0 unspecified atom stereocenters. The highest BCUT2D eigenvalue weighted by atomic mass is 35.5. The summed E-state index contributed by atoms with van der Waals surface area (Å²) < 4.78 is 18.4. The zero-order valence-electron chi connectivity index (χ0n) is 10.8. The van der Waals surface area contributed by atoms with E-state index in [-0.39, 0.29) is 10.9 Å². The van der Waals surface area contributed by atoms with Gasteiger partial charge in [-0.05, 0) is 31.2 Å². The van der Waals surface area contributed by atoms with Gasteiger partial charge in [-0.15, -0.1) is 0 Å². The standard InChI is InChI=1S/C15H13ClFNO2/c1-10(15(19)18-11-5-3-2-4-6-11)20-12-7-8-14(17)13(16)9-12/h2-10H,1H3,(H,18,19)/t10-/m0/s1. The summed E-state index contributed by atoms with van der Waals surface area (Å²) in [5.41, 5.74) is 0.685. The van der Waals surface area contributed by atoms with Crippen molar-refractivity contribution in [2.45, 2.75) is 13.0 Å². The van der Waals surface area contributed by atoms with Gasteiger partial charge in [0, 0.05) is 11.8 Å². The van der Waals surface area contributed by atoms with Crippen LogP contribution in [0.25, 0.3) is 0 Å². The summed E-state index contributed by atoms with van der Waals surface area (Å²) in [5, 5.41) is 2.67. The monoisotopic (exact) mass is 293 g/mol. The molecule has 0 radical (unpaired) electrons. The summed E-state index contributed by atoms with van der Waals surface area (Å²) in [6, 6.07) is 13.0. The van der Waals surface area contributed by atoms with E-state index >= 15 is 0 Å². The largest absolute Gasteiger partial charge is 0.481 e. The molecule has 2 rings (SSSR count). The molecular weight excluding hydrogens is 281 g/mol. The number of hydrogen-bond acceptors (Lipinski definition) is 2. The van der Waals surface area contributed by atoms with Crippen LogP contribution in [0.2, 0.25) is 5.02 Å². The lowest BCUT2D eigenvalue weighted by Gasteiger charge is -2.15. The van der Waals surface area contributed by atoms with E-state index in [4.69, 9.17) is 16.3 Å². The predicted molar refractivity (Wildman–Crippen MR) is 76.6 cm³/mol. The average molecular weight is 294 g/mol. The van der Waals surface area contributed by atoms with Gasteiger partial charge in [-0.2, -0.15) is 0 Å². The first-order chi connectivity index (χ1) is 9.56. The number of nitrogens with one attached hydrogen (secondary N) is 1. The van der Waals surface area contributed by atoms with Crippen LogP contribution in [0.5, 0.6) is 5.75 Å².